The molecule has 4 N–H and O–H groups in total. The van der Waals surface area contributed by atoms with E-state index in [-0.39, 0.29) is 5.75 Å². The van der Waals surface area contributed by atoms with Gasteiger partial charge in [0.25, 0.3) is 0 Å². The normalized spacial score (nSPS) is 10.9. The zero-order valence-corrected chi connectivity index (χ0v) is 9.69. The van der Waals surface area contributed by atoms with Gasteiger partial charge in [-0.15, -0.1) is 0 Å². The van der Waals surface area contributed by atoms with E-state index in [1.54, 1.807) is 18.2 Å². The van der Waals surface area contributed by atoms with Crippen LogP contribution in [0.2, 0.25) is 0 Å². The average Bonchev–Trinajstić information content (AvgIpc) is 2.32. The van der Waals surface area contributed by atoms with E-state index in [4.69, 9.17) is 5.73 Å². The number of hydrogen-bond acceptors (Lipinski definition) is 3. The van der Waals surface area contributed by atoms with Crippen LogP contribution < -0.4 is 5.73 Å². The molecule has 0 saturated heterocycles. The van der Waals surface area contributed by atoms with Crippen molar-refractivity contribution in [2.45, 2.75) is 19.3 Å². The maximum Gasteiger partial charge on any atom is 0.119 e. The van der Waals surface area contributed by atoms with Gasteiger partial charge in [-0.05, 0) is 54.8 Å². The van der Waals surface area contributed by atoms with Crippen molar-refractivity contribution in [1.82, 2.24) is 0 Å². The van der Waals surface area contributed by atoms with Crippen LogP contribution in [0, 0.1) is 0 Å². The van der Waals surface area contributed by atoms with Gasteiger partial charge < -0.3 is 15.9 Å². The number of hydrogen-bond donors (Lipinski definition) is 3. The van der Waals surface area contributed by atoms with Crippen LogP contribution in [0.1, 0.15) is 18.4 Å². The van der Waals surface area contributed by atoms with E-state index in [9.17, 15) is 10.2 Å². The van der Waals surface area contributed by atoms with Crippen LogP contribution >= 0.6 is 0 Å². The summed E-state index contributed by atoms with van der Waals surface area (Å²) in [6.45, 7) is 0.663. The van der Waals surface area contributed by atoms with Crippen LogP contribution in [0.4, 0.5) is 0 Å². The molecule has 2 aromatic rings. The monoisotopic (exact) mass is 231 g/mol. The molecule has 0 spiro atoms. The zero-order valence-electron chi connectivity index (χ0n) is 9.69. The van der Waals surface area contributed by atoms with Crippen molar-refractivity contribution in [2.75, 3.05) is 6.54 Å². The largest absolute Gasteiger partial charge is 0.508 e. The molecule has 0 unspecified atom stereocenters. The van der Waals surface area contributed by atoms with Crippen LogP contribution in [0.5, 0.6) is 11.5 Å². The fraction of sp³-hybridized carbons (Fsp3) is 0.286. The topological polar surface area (TPSA) is 66.5 Å². The van der Waals surface area contributed by atoms with Crippen molar-refractivity contribution < 1.29 is 10.2 Å². The first-order chi connectivity index (χ1) is 8.22. The Hall–Kier alpha value is -1.74. The van der Waals surface area contributed by atoms with Gasteiger partial charge in [0.1, 0.15) is 11.5 Å². The standard InChI is InChI=1S/C14H17NO2/c15-8-2-1-3-12-13-9-11(16)6-4-10(13)5-7-14(12)17/h4-7,9,16-17H,1-3,8,15H2. The van der Waals surface area contributed by atoms with Crippen molar-refractivity contribution in [3.63, 3.8) is 0 Å². The number of benzene rings is 2. The number of aryl methyl sites for hydroxylation is 1. The van der Waals surface area contributed by atoms with Gasteiger partial charge in [-0.1, -0.05) is 12.1 Å². The maximum absolute atomic E-state index is 9.89. The molecule has 0 radical (unpaired) electrons. The lowest BCUT2D eigenvalue weighted by atomic mass is 9.99. The quantitative estimate of drug-likeness (QED) is 0.708. The molecule has 2 aromatic carbocycles. The molecule has 0 aliphatic rings. The van der Waals surface area contributed by atoms with E-state index in [0.29, 0.717) is 12.3 Å². The minimum Gasteiger partial charge on any atom is -0.508 e. The summed E-state index contributed by atoms with van der Waals surface area (Å²) in [5, 5.41) is 21.4. The molecule has 0 saturated carbocycles. The van der Waals surface area contributed by atoms with E-state index in [0.717, 1.165) is 35.6 Å². The molecule has 0 atom stereocenters. The summed E-state index contributed by atoms with van der Waals surface area (Å²) in [5.41, 5.74) is 6.36. The fourth-order valence-electron chi connectivity index (χ4n) is 2.07. The second-order valence-electron chi connectivity index (χ2n) is 4.21. The predicted molar refractivity (Wildman–Crippen MR) is 69.3 cm³/mol. The number of phenols is 2. The fourth-order valence-corrected chi connectivity index (χ4v) is 2.07. The zero-order chi connectivity index (χ0) is 12.3. The highest BCUT2D eigenvalue weighted by atomic mass is 16.3. The number of nitrogens with two attached hydrogens (primary N) is 1. The van der Waals surface area contributed by atoms with Gasteiger partial charge in [-0.25, -0.2) is 0 Å². The molecule has 0 aliphatic heterocycles. The third-order valence-electron chi connectivity index (χ3n) is 2.97. The van der Waals surface area contributed by atoms with E-state index in [1.807, 2.05) is 12.1 Å². The van der Waals surface area contributed by atoms with E-state index in [1.165, 1.54) is 0 Å². The number of fused-ring (bicyclic) bond motifs is 1. The predicted octanol–water partition coefficient (Wildman–Crippen LogP) is 2.53. The SMILES string of the molecule is NCCCCc1c(O)ccc2ccc(O)cc12. The smallest absolute Gasteiger partial charge is 0.119 e. The van der Waals surface area contributed by atoms with E-state index < -0.39 is 0 Å². The molecule has 0 heterocycles. The van der Waals surface area contributed by atoms with Crippen LogP contribution in [0.15, 0.2) is 30.3 Å². The Labute approximate surface area is 101 Å². The lowest BCUT2D eigenvalue weighted by Crippen LogP contribution is -1.99. The molecule has 2 rings (SSSR count). The average molecular weight is 231 g/mol. The Bertz CT molecular complexity index is 518. The van der Waals surface area contributed by atoms with Crippen LogP contribution in [-0.2, 0) is 6.42 Å². The number of unbranched alkanes of at least 4 members (excludes halogenated alkanes) is 1. The molecule has 90 valence electrons. The number of rotatable bonds is 4. The molecule has 0 aliphatic carbocycles. The summed E-state index contributed by atoms with van der Waals surface area (Å²) < 4.78 is 0. The number of phenolic OH excluding ortho intramolecular Hbond substituents is 2. The first kappa shape index (κ1) is 11.7. The van der Waals surface area contributed by atoms with Crippen molar-refractivity contribution in [1.29, 1.82) is 0 Å². The van der Waals surface area contributed by atoms with Gasteiger partial charge >= 0.3 is 0 Å². The molecule has 3 heteroatoms. The molecule has 0 fully saturated rings. The molecule has 3 nitrogen and oxygen atoms in total. The summed E-state index contributed by atoms with van der Waals surface area (Å²) >= 11 is 0. The third-order valence-corrected chi connectivity index (χ3v) is 2.97. The Morgan fingerprint density at radius 3 is 2.53 bits per heavy atom. The van der Waals surface area contributed by atoms with Crippen molar-refractivity contribution in [3.8, 4) is 11.5 Å². The highest BCUT2D eigenvalue weighted by Gasteiger charge is 2.07. The van der Waals surface area contributed by atoms with Gasteiger partial charge in [-0.3, -0.25) is 0 Å². The molecular weight excluding hydrogens is 214 g/mol. The minimum absolute atomic E-state index is 0.225. The third kappa shape index (κ3) is 2.50. The van der Waals surface area contributed by atoms with Crippen LogP contribution in [-0.4, -0.2) is 16.8 Å². The first-order valence-electron chi connectivity index (χ1n) is 5.86. The van der Waals surface area contributed by atoms with Gasteiger partial charge in [0.2, 0.25) is 0 Å². The van der Waals surface area contributed by atoms with Crippen LogP contribution in [0.25, 0.3) is 10.8 Å². The first-order valence-corrected chi connectivity index (χ1v) is 5.86. The summed E-state index contributed by atoms with van der Waals surface area (Å²) in [6, 6.07) is 8.78. The second kappa shape index (κ2) is 5.06. The van der Waals surface area contributed by atoms with Gasteiger partial charge in [-0.2, -0.15) is 0 Å². The van der Waals surface area contributed by atoms with Gasteiger partial charge in [0, 0.05) is 5.56 Å². The molecular formula is C14H17NO2. The van der Waals surface area contributed by atoms with Crippen molar-refractivity contribution in [3.05, 3.63) is 35.9 Å². The van der Waals surface area contributed by atoms with Crippen LogP contribution in [0.3, 0.4) is 0 Å². The second-order valence-corrected chi connectivity index (χ2v) is 4.21. The highest BCUT2D eigenvalue weighted by Crippen LogP contribution is 2.30. The van der Waals surface area contributed by atoms with Crippen molar-refractivity contribution in [2.24, 2.45) is 5.73 Å². The van der Waals surface area contributed by atoms with Gasteiger partial charge in [0.15, 0.2) is 0 Å². The summed E-state index contributed by atoms with van der Waals surface area (Å²) in [4.78, 5) is 0. The Balaban J connectivity index is 2.43. The Morgan fingerprint density at radius 2 is 1.76 bits per heavy atom. The van der Waals surface area contributed by atoms with E-state index in [2.05, 4.69) is 0 Å². The summed E-state index contributed by atoms with van der Waals surface area (Å²) in [5.74, 6) is 0.517. The molecule has 17 heavy (non-hydrogen) atoms. The molecule has 0 bridgehead atoms. The van der Waals surface area contributed by atoms with Gasteiger partial charge in [0.05, 0.1) is 0 Å². The number of aromatic hydroxyl groups is 2. The Morgan fingerprint density at radius 1 is 1.00 bits per heavy atom. The Kier molecular flexibility index (Phi) is 3.49. The highest BCUT2D eigenvalue weighted by molar-refractivity contribution is 5.88. The lowest BCUT2D eigenvalue weighted by Gasteiger charge is -2.09. The van der Waals surface area contributed by atoms with E-state index >= 15 is 0 Å². The maximum atomic E-state index is 9.89. The summed E-state index contributed by atoms with van der Waals surface area (Å²) in [7, 11) is 0. The summed E-state index contributed by atoms with van der Waals surface area (Å²) in [6.07, 6.45) is 2.66. The molecule has 0 amide bonds. The minimum atomic E-state index is 0.225. The molecule has 0 aromatic heterocycles. The lowest BCUT2D eigenvalue weighted by molar-refractivity contribution is 0.467. The van der Waals surface area contributed by atoms with Crippen molar-refractivity contribution >= 4 is 10.8 Å².